The number of thiophene rings is 1. The molecule has 5 nitrogen and oxygen atoms in total. The van der Waals surface area contributed by atoms with Gasteiger partial charge >= 0.3 is 5.97 Å². The predicted octanol–water partition coefficient (Wildman–Crippen LogP) is 1.42. The van der Waals surface area contributed by atoms with Gasteiger partial charge in [0.1, 0.15) is 5.00 Å². The van der Waals surface area contributed by atoms with Crippen LogP contribution < -0.4 is 10.2 Å². The molecule has 2 aliphatic rings. The molecule has 1 fully saturated rings. The summed E-state index contributed by atoms with van der Waals surface area (Å²) in [6.45, 7) is 4.80. The zero-order valence-corrected chi connectivity index (χ0v) is 14.5. The van der Waals surface area contributed by atoms with Gasteiger partial charge in [-0.1, -0.05) is 0 Å². The summed E-state index contributed by atoms with van der Waals surface area (Å²) in [7, 11) is 0. The number of ether oxygens (including phenoxy) is 1. The molecule has 126 valence electrons. The van der Waals surface area contributed by atoms with Crippen LogP contribution in [-0.4, -0.2) is 38.1 Å². The molecule has 0 bridgehead atoms. The van der Waals surface area contributed by atoms with Crippen LogP contribution in [0, 0.1) is 0 Å². The number of anilines is 1. The second-order valence-corrected chi connectivity index (χ2v) is 7.42. The number of amides is 1. The van der Waals surface area contributed by atoms with E-state index in [-0.39, 0.29) is 11.9 Å². The molecule has 1 aromatic heterocycles. The number of likely N-dealkylation sites (tertiary alicyclic amines) is 1. The van der Waals surface area contributed by atoms with E-state index in [0.29, 0.717) is 23.7 Å². The molecule has 1 amide bonds. The van der Waals surface area contributed by atoms with Gasteiger partial charge in [0, 0.05) is 17.7 Å². The van der Waals surface area contributed by atoms with Crippen molar-refractivity contribution in [3.05, 3.63) is 16.0 Å². The van der Waals surface area contributed by atoms with Crippen LogP contribution in [-0.2, 0) is 22.4 Å². The molecule has 0 saturated carbocycles. The molecule has 1 aliphatic heterocycles. The first kappa shape index (κ1) is 16.5. The highest BCUT2D eigenvalue weighted by Gasteiger charge is 2.28. The van der Waals surface area contributed by atoms with Gasteiger partial charge in [0.25, 0.3) is 5.91 Å². The fourth-order valence-corrected chi connectivity index (χ4v) is 4.82. The maximum Gasteiger partial charge on any atom is 0.341 e. The monoisotopic (exact) mass is 337 g/mol. The Morgan fingerprint density at radius 1 is 1.17 bits per heavy atom. The number of quaternary nitrogens is 1. The first-order valence-corrected chi connectivity index (χ1v) is 9.45. The lowest BCUT2D eigenvalue weighted by molar-refractivity contribution is -0.878. The summed E-state index contributed by atoms with van der Waals surface area (Å²) in [5.41, 5.74) is 1.71. The normalized spacial score (nSPS) is 17.8. The smallest absolute Gasteiger partial charge is 0.341 e. The van der Waals surface area contributed by atoms with E-state index in [2.05, 4.69) is 5.32 Å². The van der Waals surface area contributed by atoms with Crippen LogP contribution >= 0.6 is 11.3 Å². The highest BCUT2D eigenvalue weighted by molar-refractivity contribution is 7.17. The molecular weight excluding hydrogens is 312 g/mol. The maximum atomic E-state index is 12.4. The number of esters is 1. The molecule has 2 heterocycles. The van der Waals surface area contributed by atoms with Crippen molar-refractivity contribution < 1.29 is 19.2 Å². The molecule has 0 spiro atoms. The second kappa shape index (κ2) is 7.45. The molecule has 0 radical (unpaired) electrons. The Labute approximate surface area is 141 Å². The molecule has 0 atom stereocenters. The molecule has 1 aromatic rings. The second-order valence-electron chi connectivity index (χ2n) is 6.32. The van der Waals surface area contributed by atoms with Crippen molar-refractivity contribution in [3.8, 4) is 0 Å². The molecule has 1 aliphatic carbocycles. The SMILES string of the molecule is CCOC(=O)c1c(NC(=O)C[NH+]2CCCC2)sc2c1CCCC2. The third kappa shape index (κ3) is 3.75. The molecule has 2 N–H and O–H groups in total. The lowest BCUT2D eigenvalue weighted by atomic mass is 9.95. The highest BCUT2D eigenvalue weighted by Crippen LogP contribution is 2.38. The van der Waals surface area contributed by atoms with Crippen LogP contribution in [0.4, 0.5) is 5.00 Å². The Morgan fingerprint density at radius 2 is 1.91 bits per heavy atom. The fourth-order valence-electron chi connectivity index (χ4n) is 3.52. The summed E-state index contributed by atoms with van der Waals surface area (Å²) in [5, 5.41) is 3.69. The van der Waals surface area contributed by atoms with Crippen molar-refractivity contribution in [2.75, 3.05) is 31.6 Å². The Kier molecular flexibility index (Phi) is 5.33. The minimum Gasteiger partial charge on any atom is -0.462 e. The van der Waals surface area contributed by atoms with Gasteiger partial charge in [0.2, 0.25) is 0 Å². The highest BCUT2D eigenvalue weighted by atomic mass is 32.1. The van der Waals surface area contributed by atoms with Crippen LogP contribution in [0.3, 0.4) is 0 Å². The van der Waals surface area contributed by atoms with Crippen LogP contribution in [0.1, 0.15) is 53.4 Å². The molecule has 1 saturated heterocycles. The molecular formula is C17H25N2O3S+. The Balaban J connectivity index is 1.78. The Morgan fingerprint density at radius 3 is 2.65 bits per heavy atom. The third-order valence-electron chi connectivity index (χ3n) is 4.63. The topological polar surface area (TPSA) is 59.8 Å². The Hall–Kier alpha value is -1.40. The molecule has 0 unspecified atom stereocenters. The number of rotatable bonds is 5. The summed E-state index contributed by atoms with van der Waals surface area (Å²) < 4.78 is 5.22. The van der Waals surface area contributed by atoms with Gasteiger partial charge in [-0.15, -0.1) is 11.3 Å². The largest absolute Gasteiger partial charge is 0.462 e. The predicted molar refractivity (Wildman–Crippen MR) is 90.3 cm³/mol. The van der Waals surface area contributed by atoms with E-state index in [1.165, 1.54) is 22.6 Å². The summed E-state index contributed by atoms with van der Waals surface area (Å²) in [6.07, 6.45) is 6.56. The third-order valence-corrected chi connectivity index (χ3v) is 5.83. The van der Waals surface area contributed by atoms with Crippen molar-refractivity contribution in [2.24, 2.45) is 0 Å². The molecule has 0 aromatic carbocycles. The van der Waals surface area contributed by atoms with Gasteiger partial charge in [-0.25, -0.2) is 4.79 Å². The number of fused-ring (bicyclic) bond motifs is 1. The van der Waals surface area contributed by atoms with E-state index in [1.807, 2.05) is 6.92 Å². The van der Waals surface area contributed by atoms with E-state index < -0.39 is 0 Å². The first-order valence-electron chi connectivity index (χ1n) is 8.64. The maximum absolute atomic E-state index is 12.4. The van der Waals surface area contributed by atoms with Gasteiger partial charge in [-0.05, 0) is 38.2 Å². The van der Waals surface area contributed by atoms with Gasteiger partial charge in [0.15, 0.2) is 6.54 Å². The van der Waals surface area contributed by atoms with E-state index in [9.17, 15) is 9.59 Å². The van der Waals surface area contributed by atoms with Crippen LogP contribution in [0.25, 0.3) is 0 Å². The zero-order chi connectivity index (χ0) is 16.2. The van der Waals surface area contributed by atoms with Crippen molar-refractivity contribution in [1.29, 1.82) is 0 Å². The van der Waals surface area contributed by atoms with Crippen molar-refractivity contribution in [1.82, 2.24) is 0 Å². The van der Waals surface area contributed by atoms with E-state index in [1.54, 1.807) is 11.3 Å². The van der Waals surface area contributed by atoms with Gasteiger partial charge in [-0.3, -0.25) is 4.79 Å². The molecule has 3 rings (SSSR count). The summed E-state index contributed by atoms with van der Waals surface area (Å²) in [6, 6.07) is 0. The lowest BCUT2D eigenvalue weighted by Gasteiger charge is -2.13. The lowest BCUT2D eigenvalue weighted by Crippen LogP contribution is -3.11. The first-order chi connectivity index (χ1) is 11.2. The van der Waals surface area contributed by atoms with E-state index in [4.69, 9.17) is 4.74 Å². The minimum absolute atomic E-state index is 0.00560. The quantitative estimate of drug-likeness (QED) is 0.799. The minimum atomic E-state index is -0.296. The number of hydrogen-bond donors (Lipinski definition) is 2. The van der Waals surface area contributed by atoms with Crippen molar-refractivity contribution in [2.45, 2.75) is 45.4 Å². The van der Waals surface area contributed by atoms with Gasteiger partial charge in [-0.2, -0.15) is 0 Å². The summed E-state index contributed by atoms with van der Waals surface area (Å²) in [5.74, 6) is -0.290. The molecule has 23 heavy (non-hydrogen) atoms. The fraction of sp³-hybridized carbons (Fsp3) is 0.647. The Bertz CT molecular complexity index is 591. The number of nitrogens with one attached hydrogen (secondary N) is 2. The molecule has 6 heteroatoms. The zero-order valence-electron chi connectivity index (χ0n) is 13.7. The van der Waals surface area contributed by atoms with Crippen LogP contribution in [0.2, 0.25) is 0 Å². The average molecular weight is 337 g/mol. The number of carbonyl (C=O) groups excluding carboxylic acids is 2. The standard InChI is InChI=1S/C17H24N2O3S/c1-2-22-17(21)15-12-7-3-4-8-13(12)23-16(15)18-14(20)11-19-9-5-6-10-19/h2-11H2,1H3,(H,18,20)/p+1. The number of carbonyl (C=O) groups is 2. The summed E-state index contributed by atoms with van der Waals surface area (Å²) in [4.78, 5) is 27.3. The van der Waals surface area contributed by atoms with Crippen molar-refractivity contribution in [3.63, 3.8) is 0 Å². The average Bonchev–Trinajstić information content (AvgIpc) is 3.14. The van der Waals surface area contributed by atoms with Gasteiger partial charge < -0.3 is 15.0 Å². The van der Waals surface area contributed by atoms with E-state index in [0.717, 1.165) is 44.3 Å². The summed E-state index contributed by atoms with van der Waals surface area (Å²) >= 11 is 1.56. The van der Waals surface area contributed by atoms with Crippen LogP contribution in [0.15, 0.2) is 0 Å². The van der Waals surface area contributed by atoms with Crippen LogP contribution in [0.5, 0.6) is 0 Å². The number of aryl methyl sites for hydroxylation is 1. The van der Waals surface area contributed by atoms with E-state index >= 15 is 0 Å². The van der Waals surface area contributed by atoms with Crippen molar-refractivity contribution >= 4 is 28.2 Å². The number of hydrogen-bond acceptors (Lipinski definition) is 4. The van der Waals surface area contributed by atoms with Gasteiger partial charge in [0.05, 0.1) is 25.3 Å².